The number of halogens is 2. The Morgan fingerprint density at radius 1 is 1.33 bits per heavy atom. The smallest absolute Gasteiger partial charge is 0.325 e. The second kappa shape index (κ2) is 6.12. The Balaban J connectivity index is 1.76. The maximum absolute atomic E-state index is 13.7. The van der Waals surface area contributed by atoms with Gasteiger partial charge in [-0.25, -0.2) is 13.6 Å². The minimum absolute atomic E-state index is 0.270. The Kier molecular flexibility index (Phi) is 4.29. The molecule has 5 nitrogen and oxygen atoms in total. The van der Waals surface area contributed by atoms with Crippen molar-refractivity contribution in [2.75, 3.05) is 6.54 Å². The monoisotopic (exact) mass is 338 g/mol. The molecule has 2 aliphatic rings. The molecule has 2 fully saturated rings. The Labute approximate surface area is 138 Å². The van der Waals surface area contributed by atoms with Gasteiger partial charge in [0.1, 0.15) is 23.3 Å². The standard InChI is InChI=1S/C17H20F2N2O3/c1-10-4-6-17(7-5-10)15(23)21(16(24)20-17)9-14(22)12-8-11(18)2-3-13(12)19/h2-3,8,10,14,22H,4-7,9H2,1H3,(H,20,24)/t10?,14-,17?/m1/s1. The molecule has 3 rings (SSSR count). The number of imide groups is 1. The van der Waals surface area contributed by atoms with Crippen LogP contribution in [0.3, 0.4) is 0 Å². The molecule has 1 spiro atoms. The van der Waals surface area contributed by atoms with Crippen LogP contribution in [0.15, 0.2) is 18.2 Å². The molecule has 1 saturated heterocycles. The van der Waals surface area contributed by atoms with Gasteiger partial charge in [0.2, 0.25) is 0 Å². The van der Waals surface area contributed by atoms with Crippen molar-refractivity contribution >= 4 is 11.9 Å². The lowest BCUT2D eigenvalue weighted by Gasteiger charge is -2.33. The molecule has 1 heterocycles. The molecule has 3 amide bonds. The summed E-state index contributed by atoms with van der Waals surface area (Å²) in [5, 5.41) is 12.9. The number of carbonyl (C=O) groups is 2. The van der Waals surface area contributed by atoms with Crippen molar-refractivity contribution in [1.29, 1.82) is 0 Å². The number of β-amino-alcohol motifs (C(OH)–C–C–N with tert-alkyl or cyclic N) is 1. The molecule has 0 aromatic heterocycles. The predicted octanol–water partition coefficient (Wildman–Crippen LogP) is 2.50. The number of aliphatic hydroxyl groups is 1. The van der Waals surface area contributed by atoms with Gasteiger partial charge in [0, 0.05) is 5.56 Å². The van der Waals surface area contributed by atoms with Crippen LogP contribution in [0.25, 0.3) is 0 Å². The molecule has 1 aliphatic heterocycles. The van der Waals surface area contributed by atoms with Crippen LogP contribution >= 0.6 is 0 Å². The average Bonchev–Trinajstić information content (AvgIpc) is 2.77. The summed E-state index contributed by atoms with van der Waals surface area (Å²) in [5.74, 6) is -1.37. The van der Waals surface area contributed by atoms with E-state index in [1.165, 1.54) is 0 Å². The molecule has 1 atom stereocenters. The first-order chi connectivity index (χ1) is 11.3. The van der Waals surface area contributed by atoms with Crippen LogP contribution < -0.4 is 5.32 Å². The van der Waals surface area contributed by atoms with E-state index in [0.717, 1.165) is 35.9 Å². The molecule has 7 heteroatoms. The third-order valence-corrected chi connectivity index (χ3v) is 5.05. The van der Waals surface area contributed by atoms with E-state index in [0.29, 0.717) is 18.8 Å². The summed E-state index contributed by atoms with van der Waals surface area (Å²) in [5.41, 5.74) is -1.18. The van der Waals surface area contributed by atoms with E-state index >= 15 is 0 Å². The molecule has 0 radical (unpaired) electrons. The zero-order chi connectivity index (χ0) is 17.5. The van der Waals surface area contributed by atoms with Gasteiger partial charge >= 0.3 is 6.03 Å². The summed E-state index contributed by atoms with van der Waals surface area (Å²) in [7, 11) is 0. The highest BCUT2D eigenvalue weighted by Gasteiger charge is 2.52. The second-order valence-electron chi connectivity index (χ2n) is 6.79. The Hall–Kier alpha value is -2.02. The van der Waals surface area contributed by atoms with Crippen molar-refractivity contribution in [2.24, 2.45) is 5.92 Å². The third kappa shape index (κ3) is 2.88. The summed E-state index contributed by atoms with van der Waals surface area (Å²) in [6, 6.07) is 2.13. The van der Waals surface area contributed by atoms with Gasteiger partial charge < -0.3 is 10.4 Å². The van der Waals surface area contributed by atoms with Gasteiger partial charge in [-0.2, -0.15) is 0 Å². The quantitative estimate of drug-likeness (QED) is 0.832. The molecular formula is C17H20F2N2O3. The van der Waals surface area contributed by atoms with Crippen LogP contribution in [0.2, 0.25) is 0 Å². The number of carbonyl (C=O) groups excluding carboxylic acids is 2. The summed E-state index contributed by atoms with van der Waals surface area (Å²) < 4.78 is 27.0. The highest BCUT2D eigenvalue weighted by molar-refractivity contribution is 6.07. The summed E-state index contributed by atoms with van der Waals surface area (Å²) in [4.78, 5) is 25.8. The van der Waals surface area contributed by atoms with Gasteiger partial charge in [-0.1, -0.05) is 6.92 Å². The summed E-state index contributed by atoms with van der Waals surface area (Å²) >= 11 is 0. The summed E-state index contributed by atoms with van der Waals surface area (Å²) in [6.45, 7) is 1.70. The van der Waals surface area contributed by atoms with Gasteiger partial charge in [-0.15, -0.1) is 0 Å². The Morgan fingerprint density at radius 2 is 2.00 bits per heavy atom. The lowest BCUT2D eigenvalue weighted by atomic mass is 9.77. The van der Waals surface area contributed by atoms with Crippen molar-refractivity contribution in [1.82, 2.24) is 10.2 Å². The number of rotatable bonds is 3. The molecular weight excluding hydrogens is 318 g/mol. The molecule has 0 bridgehead atoms. The zero-order valence-electron chi connectivity index (χ0n) is 13.4. The highest BCUT2D eigenvalue weighted by Crippen LogP contribution is 2.36. The topological polar surface area (TPSA) is 69.6 Å². The van der Waals surface area contributed by atoms with E-state index in [-0.39, 0.29) is 5.56 Å². The van der Waals surface area contributed by atoms with E-state index in [4.69, 9.17) is 0 Å². The Morgan fingerprint density at radius 3 is 2.67 bits per heavy atom. The molecule has 1 aliphatic carbocycles. The first kappa shape index (κ1) is 16.8. The lowest BCUT2D eigenvalue weighted by molar-refractivity contribution is -0.133. The average molecular weight is 338 g/mol. The van der Waals surface area contributed by atoms with E-state index in [2.05, 4.69) is 12.2 Å². The van der Waals surface area contributed by atoms with Crippen LogP contribution in [0.5, 0.6) is 0 Å². The van der Waals surface area contributed by atoms with Gasteiger partial charge in [-0.3, -0.25) is 9.69 Å². The van der Waals surface area contributed by atoms with Crippen LogP contribution in [0, 0.1) is 17.6 Å². The van der Waals surface area contributed by atoms with Crippen LogP contribution in [0.4, 0.5) is 13.6 Å². The maximum Gasteiger partial charge on any atom is 0.325 e. The number of aliphatic hydroxyl groups excluding tert-OH is 1. The number of nitrogens with one attached hydrogen (secondary N) is 1. The molecule has 24 heavy (non-hydrogen) atoms. The van der Waals surface area contributed by atoms with E-state index in [1.807, 2.05) is 0 Å². The fraction of sp³-hybridized carbons (Fsp3) is 0.529. The van der Waals surface area contributed by atoms with Crippen molar-refractivity contribution in [2.45, 2.75) is 44.2 Å². The van der Waals surface area contributed by atoms with Crippen molar-refractivity contribution in [3.8, 4) is 0 Å². The van der Waals surface area contributed by atoms with Gasteiger partial charge in [0.25, 0.3) is 5.91 Å². The molecule has 130 valence electrons. The first-order valence-corrected chi connectivity index (χ1v) is 8.09. The fourth-order valence-corrected chi connectivity index (χ4v) is 3.48. The first-order valence-electron chi connectivity index (χ1n) is 8.09. The van der Waals surface area contributed by atoms with Crippen molar-refractivity contribution < 1.29 is 23.5 Å². The fourth-order valence-electron chi connectivity index (χ4n) is 3.48. The largest absolute Gasteiger partial charge is 0.386 e. The van der Waals surface area contributed by atoms with Gasteiger partial charge in [0.15, 0.2) is 0 Å². The zero-order valence-corrected chi connectivity index (χ0v) is 13.4. The normalized spacial score (nSPS) is 28.3. The number of urea groups is 1. The third-order valence-electron chi connectivity index (χ3n) is 5.05. The lowest BCUT2D eigenvalue weighted by Crippen LogP contribution is -2.49. The highest BCUT2D eigenvalue weighted by atomic mass is 19.1. The molecule has 0 unspecified atom stereocenters. The number of benzene rings is 1. The van der Waals surface area contributed by atoms with Crippen LogP contribution in [-0.2, 0) is 4.79 Å². The van der Waals surface area contributed by atoms with E-state index < -0.39 is 41.8 Å². The number of hydrogen-bond donors (Lipinski definition) is 2. The SMILES string of the molecule is CC1CCC2(CC1)NC(=O)N(C[C@@H](O)c1cc(F)ccc1F)C2=O. The number of hydrogen-bond acceptors (Lipinski definition) is 3. The number of nitrogens with zero attached hydrogens (tertiary/aromatic N) is 1. The predicted molar refractivity (Wildman–Crippen MR) is 81.9 cm³/mol. The van der Waals surface area contributed by atoms with Crippen LogP contribution in [0.1, 0.15) is 44.3 Å². The van der Waals surface area contributed by atoms with E-state index in [1.54, 1.807) is 0 Å². The van der Waals surface area contributed by atoms with Crippen molar-refractivity contribution in [3.63, 3.8) is 0 Å². The Bertz CT molecular complexity index is 672. The maximum atomic E-state index is 13.7. The molecule has 2 N–H and O–H groups in total. The minimum atomic E-state index is -1.48. The second-order valence-corrected chi connectivity index (χ2v) is 6.79. The minimum Gasteiger partial charge on any atom is -0.386 e. The molecule has 1 aromatic carbocycles. The van der Waals surface area contributed by atoms with Gasteiger partial charge in [0.05, 0.1) is 6.54 Å². The van der Waals surface area contributed by atoms with Crippen molar-refractivity contribution in [3.05, 3.63) is 35.4 Å². The van der Waals surface area contributed by atoms with Gasteiger partial charge in [-0.05, 0) is 49.8 Å². The van der Waals surface area contributed by atoms with Crippen LogP contribution in [-0.4, -0.2) is 34.0 Å². The summed E-state index contributed by atoms with van der Waals surface area (Å²) in [6.07, 6.45) is 1.30. The molecule has 1 aromatic rings. The molecule has 1 saturated carbocycles. The number of amides is 3. The van der Waals surface area contributed by atoms with E-state index in [9.17, 15) is 23.5 Å².